The van der Waals surface area contributed by atoms with Crippen LogP contribution >= 0.6 is 7.92 Å². The third kappa shape index (κ3) is 2.45. The van der Waals surface area contributed by atoms with Gasteiger partial charge in [0.25, 0.3) is 0 Å². The molecule has 0 spiro atoms. The van der Waals surface area contributed by atoms with Crippen molar-refractivity contribution in [3.63, 3.8) is 0 Å². The monoisotopic (exact) mass is 301 g/mol. The van der Waals surface area contributed by atoms with Crippen LogP contribution in [0.3, 0.4) is 0 Å². The minimum atomic E-state index is -0.520. The van der Waals surface area contributed by atoms with Gasteiger partial charge < -0.3 is 4.98 Å². The van der Waals surface area contributed by atoms with Crippen LogP contribution in [-0.2, 0) is 0 Å². The van der Waals surface area contributed by atoms with Crippen LogP contribution in [0.2, 0.25) is 0 Å². The minimum Gasteiger partial charge on any atom is -0.361 e. The lowest BCUT2D eigenvalue weighted by atomic mass is 10.2. The Kier molecular flexibility index (Phi) is 3.50. The fourth-order valence-electron chi connectivity index (χ4n) is 2.78. The highest BCUT2D eigenvalue weighted by Crippen LogP contribution is 2.33. The summed E-state index contributed by atoms with van der Waals surface area (Å²) in [4.78, 5) is 3.33. The summed E-state index contributed by atoms with van der Waals surface area (Å²) in [5.41, 5.74) is 1.21. The smallest absolute Gasteiger partial charge is 0.0460 e. The summed E-state index contributed by atoms with van der Waals surface area (Å²) >= 11 is 0. The Labute approximate surface area is 131 Å². The number of H-pyrrole nitrogens is 1. The van der Waals surface area contributed by atoms with Gasteiger partial charge in [0.15, 0.2) is 0 Å². The third-order valence-electron chi connectivity index (χ3n) is 3.83. The summed E-state index contributed by atoms with van der Waals surface area (Å²) in [5, 5.41) is 5.41. The lowest BCUT2D eigenvalue weighted by Gasteiger charge is -2.19. The molecule has 1 heterocycles. The Morgan fingerprint density at radius 2 is 1.23 bits per heavy atom. The molecule has 106 valence electrons. The zero-order valence-corrected chi connectivity index (χ0v) is 13.0. The first-order valence-corrected chi connectivity index (χ1v) is 8.73. The summed E-state index contributed by atoms with van der Waals surface area (Å²) in [7, 11) is -0.520. The summed E-state index contributed by atoms with van der Waals surface area (Å²) in [6, 6.07) is 30.5. The molecule has 4 aromatic rings. The van der Waals surface area contributed by atoms with E-state index in [1.807, 2.05) is 6.20 Å². The molecule has 0 fully saturated rings. The number of fused-ring (bicyclic) bond motifs is 1. The maximum atomic E-state index is 3.33. The maximum Gasteiger partial charge on any atom is 0.0460 e. The van der Waals surface area contributed by atoms with E-state index in [1.165, 1.54) is 26.8 Å². The predicted molar refractivity (Wildman–Crippen MR) is 97.0 cm³/mol. The van der Waals surface area contributed by atoms with Crippen LogP contribution in [0.25, 0.3) is 10.9 Å². The van der Waals surface area contributed by atoms with Crippen molar-refractivity contribution >= 4 is 34.7 Å². The largest absolute Gasteiger partial charge is 0.361 e. The quantitative estimate of drug-likeness (QED) is 0.552. The molecule has 0 aliphatic carbocycles. The second kappa shape index (κ2) is 5.79. The van der Waals surface area contributed by atoms with Crippen LogP contribution in [0.1, 0.15) is 0 Å². The molecule has 22 heavy (non-hydrogen) atoms. The van der Waals surface area contributed by atoms with Gasteiger partial charge in [-0.15, -0.1) is 0 Å². The highest BCUT2D eigenvalue weighted by atomic mass is 31.1. The molecule has 0 bridgehead atoms. The predicted octanol–water partition coefficient (Wildman–Crippen LogP) is 3.93. The van der Waals surface area contributed by atoms with E-state index in [0.29, 0.717) is 0 Å². The Morgan fingerprint density at radius 3 is 1.86 bits per heavy atom. The first-order valence-electron chi connectivity index (χ1n) is 7.39. The molecule has 1 N–H and O–H groups in total. The van der Waals surface area contributed by atoms with Crippen LogP contribution in [0, 0.1) is 0 Å². The topological polar surface area (TPSA) is 15.8 Å². The van der Waals surface area contributed by atoms with Crippen LogP contribution in [0.15, 0.2) is 91.1 Å². The van der Waals surface area contributed by atoms with E-state index in [1.54, 1.807) is 0 Å². The molecule has 0 aliphatic rings. The van der Waals surface area contributed by atoms with Gasteiger partial charge in [-0.25, -0.2) is 0 Å². The number of aromatic nitrogens is 1. The zero-order chi connectivity index (χ0) is 14.8. The van der Waals surface area contributed by atoms with E-state index >= 15 is 0 Å². The van der Waals surface area contributed by atoms with Gasteiger partial charge in [-0.2, -0.15) is 0 Å². The van der Waals surface area contributed by atoms with Gasteiger partial charge in [0.1, 0.15) is 0 Å². The maximum absolute atomic E-state index is 3.33. The molecule has 4 rings (SSSR count). The number of nitrogens with one attached hydrogen (secondary N) is 1. The van der Waals surface area contributed by atoms with Crippen molar-refractivity contribution < 1.29 is 0 Å². The van der Waals surface area contributed by atoms with E-state index in [0.717, 1.165) is 0 Å². The van der Waals surface area contributed by atoms with Gasteiger partial charge in [-0.3, -0.25) is 0 Å². The van der Waals surface area contributed by atoms with Gasteiger partial charge in [0, 0.05) is 11.7 Å². The molecule has 0 saturated heterocycles. The molecule has 1 nitrogen and oxygen atoms in total. The number of rotatable bonds is 3. The van der Waals surface area contributed by atoms with Crippen LogP contribution in [0.5, 0.6) is 0 Å². The average molecular weight is 301 g/mol. The first-order chi connectivity index (χ1) is 10.9. The number of aromatic amines is 1. The number of hydrogen-bond donors (Lipinski definition) is 1. The first kappa shape index (κ1) is 13.3. The third-order valence-corrected chi connectivity index (χ3v) is 6.25. The van der Waals surface area contributed by atoms with E-state index in [4.69, 9.17) is 0 Å². The van der Waals surface area contributed by atoms with Crippen molar-refractivity contribution in [2.24, 2.45) is 0 Å². The van der Waals surface area contributed by atoms with Crippen LogP contribution < -0.4 is 15.9 Å². The van der Waals surface area contributed by atoms with E-state index < -0.39 is 7.92 Å². The summed E-state index contributed by atoms with van der Waals surface area (Å²) < 4.78 is 0. The van der Waals surface area contributed by atoms with Crippen molar-refractivity contribution in [1.29, 1.82) is 0 Å². The van der Waals surface area contributed by atoms with Gasteiger partial charge in [-0.05, 0) is 41.4 Å². The van der Waals surface area contributed by atoms with Crippen molar-refractivity contribution in [2.75, 3.05) is 0 Å². The van der Waals surface area contributed by atoms with E-state index in [2.05, 4.69) is 89.9 Å². The van der Waals surface area contributed by atoms with Crippen molar-refractivity contribution in [1.82, 2.24) is 4.98 Å². The minimum absolute atomic E-state index is 0.520. The van der Waals surface area contributed by atoms with Gasteiger partial charge in [0.05, 0.1) is 0 Å². The van der Waals surface area contributed by atoms with Gasteiger partial charge in [0.2, 0.25) is 0 Å². The Morgan fingerprint density at radius 1 is 0.591 bits per heavy atom. The Balaban J connectivity index is 1.90. The summed E-state index contributed by atoms with van der Waals surface area (Å²) in [6.45, 7) is 0. The molecule has 0 unspecified atom stereocenters. The number of hydrogen-bond acceptors (Lipinski definition) is 0. The highest BCUT2D eigenvalue weighted by Gasteiger charge is 2.16. The Bertz CT molecular complexity index is 842. The van der Waals surface area contributed by atoms with Gasteiger partial charge in [-0.1, -0.05) is 72.8 Å². The SMILES string of the molecule is c1ccc(P(c2ccccc2)c2ccc3cc[nH]c3c2)cc1. The summed E-state index contributed by atoms with van der Waals surface area (Å²) in [6.07, 6.45) is 2.00. The highest BCUT2D eigenvalue weighted by molar-refractivity contribution is 7.79. The summed E-state index contributed by atoms with van der Waals surface area (Å²) in [5.74, 6) is 0. The standard InChI is InChI=1S/C20H16NP/c1-3-7-17(8-4-1)22(18-9-5-2-6-10-18)19-12-11-16-13-14-21-20(16)15-19/h1-15,21H. The molecule has 0 radical (unpaired) electrons. The molecule has 0 amide bonds. The molecule has 1 aromatic heterocycles. The second-order valence-corrected chi connectivity index (χ2v) is 7.48. The second-order valence-electron chi connectivity index (χ2n) is 5.26. The van der Waals surface area contributed by atoms with Crippen molar-refractivity contribution in [2.45, 2.75) is 0 Å². The van der Waals surface area contributed by atoms with E-state index in [9.17, 15) is 0 Å². The number of benzene rings is 3. The zero-order valence-electron chi connectivity index (χ0n) is 12.1. The van der Waals surface area contributed by atoms with Crippen molar-refractivity contribution in [3.05, 3.63) is 91.1 Å². The molecular formula is C20H16NP. The molecule has 0 atom stereocenters. The molecular weight excluding hydrogens is 285 g/mol. The lowest BCUT2D eigenvalue weighted by Crippen LogP contribution is -2.20. The van der Waals surface area contributed by atoms with Crippen LogP contribution in [-0.4, -0.2) is 4.98 Å². The molecule has 2 heteroatoms. The molecule has 0 saturated carbocycles. The normalized spacial score (nSPS) is 11.1. The van der Waals surface area contributed by atoms with E-state index in [-0.39, 0.29) is 0 Å². The van der Waals surface area contributed by atoms with Gasteiger partial charge >= 0.3 is 0 Å². The van der Waals surface area contributed by atoms with Crippen LogP contribution in [0.4, 0.5) is 0 Å². The lowest BCUT2D eigenvalue weighted by molar-refractivity contribution is 1.48. The fraction of sp³-hybridized carbons (Fsp3) is 0. The average Bonchev–Trinajstić information content (AvgIpc) is 3.05. The molecule has 0 aliphatic heterocycles. The molecule has 3 aromatic carbocycles. The van der Waals surface area contributed by atoms with Crippen molar-refractivity contribution in [3.8, 4) is 0 Å². The Hall–Kier alpha value is -2.37. The fourth-order valence-corrected chi connectivity index (χ4v) is 5.09.